The Labute approximate surface area is 110 Å². The quantitative estimate of drug-likeness (QED) is 0.779. The highest BCUT2D eigenvalue weighted by Gasteiger charge is 2.25. The van der Waals surface area contributed by atoms with Crippen LogP contribution in [-0.4, -0.2) is 22.8 Å². The number of aliphatic hydroxyl groups is 1. The fourth-order valence-electron chi connectivity index (χ4n) is 3.08. The predicted octanol–water partition coefficient (Wildman–Crippen LogP) is 2.40. The Kier molecular flexibility index (Phi) is 5.26. The molecule has 0 radical (unpaired) electrons. The lowest BCUT2D eigenvalue weighted by Gasteiger charge is -2.18. The Morgan fingerprint density at radius 2 is 2.22 bits per heavy atom. The summed E-state index contributed by atoms with van der Waals surface area (Å²) in [5.41, 5.74) is 1.37. The molecule has 2 unspecified atom stereocenters. The zero-order valence-electron chi connectivity index (χ0n) is 11.4. The second kappa shape index (κ2) is 6.95. The van der Waals surface area contributed by atoms with Gasteiger partial charge in [-0.1, -0.05) is 13.3 Å². The summed E-state index contributed by atoms with van der Waals surface area (Å²) in [6.07, 6.45) is 7.09. The SMILES string of the molecule is CCCn1cccc1CNCC1CCCC1CO. The van der Waals surface area contributed by atoms with Crippen LogP contribution in [0.1, 0.15) is 38.3 Å². The molecule has 1 heterocycles. The summed E-state index contributed by atoms with van der Waals surface area (Å²) in [7, 11) is 0. The zero-order valence-corrected chi connectivity index (χ0v) is 11.4. The summed E-state index contributed by atoms with van der Waals surface area (Å²) < 4.78 is 2.32. The molecule has 1 saturated carbocycles. The van der Waals surface area contributed by atoms with Crippen molar-refractivity contribution in [3.05, 3.63) is 24.0 Å². The van der Waals surface area contributed by atoms with E-state index in [1.165, 1.54) is 31.4 Å². The lowest BCUT2D eigenvalue weighted by Crippen LogP contribution is -2.27. The fraction of sp³-hybridized carbons (Fsp3) is 0.733. The number of aromatic nitrogens is 1. The number of hydrogen-bond acceptors (Lipinski definition) is 2. The molecular formula is C15H26N2O. The van der Waals surface area contributed by atoms with Gasteiger partial charge in [0.05, 0.1) is 0 Å². The van der Waals surface area contributed by atoms with Crippen molar-refractivity contribution in [1.82, 2.24) is 9.88 Å². The monoisotopic (exact) mass is 250 g/mol. The highest BCUT2D eigenvalue weighted by atomic mass is 16.3. The van der Waals surface area contributed by atoms with Crippen molar-refractivity contribution in [1.29, 1.82) is 0 Å². The van der Waals surface area contributed by atoms with E-state index in [2.05, 4.69) is 35.1 Å². The molecular weight excluding hydrogens is 224 g/mol. The maximum atomic E-state index is 9.30. The smallest absolute Gasteiger partial charge is 0.0462 e. The molecule has 1 fully saturated rings. The minimum Gasteiger partial charge on any atom is -0.396 e. The normalized spacial score (nSPS) is 23.7. The molecule has 102 valence electrons. The van der Waals surface area contributed by atoms with Crippen molar-refractivity contribution in [2.24, 2.45) is 11.8 Å². The van der Waals surface area contributed by atoms with Crippen LogP contribution in [0.2, 0.25) is 0 Å². The van der Waals surface area contributed by atoms with Gasteiger partial charge in [-0.15, -0.1) is 0 Å². The van der Waals surface area contributed by atoms with Gasteiger partial charge < -0.3 is 15.0 Å². The van der Waals surface area contributed by atoms with Crippen LogP contribution in [0.25, 0.3) is 0 Å². The second-order valence-electron chi connectivity index (χ2n) is 5.46. The van der Waals surface area contributed by atoms with E-state index in [4.69, 9.17) is 0 Å². The van der Waals surface area contributed by atoms with Crippen LogP contribution >= 0.6 is 0 Å². The molecule has 0 aromatic carbocycles. The van der Waals surface area contributed by atoms with Crippen LogP contribution in [0.5, 0.6) is 0 Å². The van der Waals surface area contributed by atoms with Crippen molar-refractivity contribution in [2.75, 3.05) is 13.2 Å². The van der Waals surface area contributed by atoms with Gasteiger partial charge >= 0.3 is 0 Å². The number of aryl methyl sites for hydroxylation is 1. The molecule has 1 aromatic heterocycles. The molecule has 2 atom stereocenters. The lowest BCUT2D eigenvalue weighted by atomic mass is 9.97. The molecule has 0 amide bonds. The van der Waals surface area contributed by atoms with E-state index in [9.17, 15) is 5.11 Å². The first-order valence-corrected chi connectivity index (χ1v) is 7.30. The van der Waals surface area contributed by atoms with Crippen LogP contribution in [0, 0.1) is 11.8 Å². The standard InChI is InChI=1S/C15H26N2O/c1-2-8-17-9-4-7-15(17)11-16-10-13-5-3-6-14(13)12-18/h4,7,9,13-14,16,18H,2-3,5-6,8,10-12H2,1H3. The number of hydrogen-bond donors (Lipinski definition) is 2. The van der Waals surface area contributed by atoms with E-state index in [0.717, 1.165) is 19.6 Å². The molecule has 2 N–H and O–H groups in total. The van der Waals surface area contributed by atoms with Gasteiger partial charge in [0.1, 0.15) is 0 Å². The molecule has 0 spiro atoms. The summed E-state index contributed by atoms with van der Waals surface area (Å²) in [5.74, 6) is 1.20. The van der Waals surface area contributed by atoms with Crippen LogP contribution in [0.3, 0.4) is 0 Å². The molecule has 0 bridgehead atoms. The summed E-state index contributed by atoms with van der Waals surface area (Å²) in [6.45, 7) is 5.66. The highest BCUT2D eigenvalue weighted by Crippen LogP contribution is 2.30. The molecule has 3 nitrogen and oxygen atoms in total. The first kappa shape index (κ1) is 13.6. The highest BCUT2D eigenvalue weighted by molar-refractivity contribution is 5.06. The van der Waals surface area contributed by atoms with Crippen molar-refractivity contribution < 1.29 is 5.11 Å². The van der Waals surface area contributed by atoms with Crippen molar-refractivity contribution >= 4 is 0 Å². The summed E-state index contributed by atoms with van der Waals surface area (Å²) in [6, 6.07) is 4.32. The average molecular weight is 250 g/mol. The number of nitrogens with one attached hydrogen (secondary N) is 1. The largest absolute Gasteiger partial charge is 0.396 e. The van der Waals surface area contributed by atoms with Gasteiger partial charge in [0.2, 0.25) is 0 Å². The molecule has 1 aliphatic carbocycles. The number of nitrogens with zero attached hydrogens (tertiary/aromatic N) is 1. The molecule has 18 heavy (non-hydrogen) atoms. The third-order valence-corrected chi connectivity index (χ3v) is 4.15. The number of aliphatic hydroxyl groups excluding tert-OH is 1. The Balaban J connectivity index is 1.76. The first-order chi connectivity index (χ1) is 8.85. The van der Waals surface area contributed by atoms with Crippen molar-refractivity contribution in [2.45, 2.75) is 45.7 Å². The number of rotatable bonds is 7. The maximum Gasteiger partial charge on any atom is 0.0462 e. The van der Waals surface area contributed by atoms with E-state index in [1.54, 1.807) is 0 Å². The predicted molar refractivity (Wildman–Crippen MR) is 74.3 cm³/mol. The average Bonchev–Trinajstić information content (AvgIpc) is 2.99. The van der Waals surface area contributed by atoms with Crippen LogP contribution in [-0.2, 0) is 13.1 Å². The van der Waals surface area contributed by atoms with Crippen molar-refractivity contribution in [3.8, 4) is 0 Å². The van der Waals surface area contributed by atoms with Gasteiger partial charge in [0, 0.05) is 31.6 Å². The van der Waals surface area contributed by atoms with Gasteiger partial charge in [-0.2, -0.15) is 0 Å². The molecule has 0 aliphatic heterocycles. The van der Waals surface area contributed by atoms with E-state index < -0.39 is 0 Å². The summed E-state index contributed by atoms with van der Waals surface area (Å²) in [5, 5.41) is 12.9. The third kappa shape index (κ3) is 3.36. The van der Waals surface area contributed by atoms with Crippen LogP contribution < -0.4 is 5.32 Å². The van der Waals surface area contributed by atoms with Crippen molar-refractivity contribution in [3.63, 3.8) is 0 Å². The van der Waals surface area contributed by atoms with Gasteiger partial charge in [0.25, 0.3) is 0 Å². The Morgan fingerprint density at radius 3 is 3.00 bits per heavy atom. The molecule has 1 aromatic rings. The summed E-state index contributed by atoms with van der Waals surface area (Å²) >= 11 is 0. The van der Waals surface area contributed by atoms with E-state index in [1.807, 2.05) is 0 Å². The second-order valence-corrected chi connectivity index (χ2v) is 5.46. The van der Waals surface area contributed by atoms with Gasteiger partial charge in [-0.25, -0.2) is 0 Å². The summed E-state index contributed by atoms with van der Waals surface area (Å²) in [4.78, 5) is 0. The van der Waals surface area contributed by atoms with Gasteiger partial charge in [-0.05, 0) is 49.8 Å². The Bertz CT molecular complexity index is 348. The Hall–Kier alpha value is -0.800. The molecule has 1 aliphatic rings. The van der Waals surface area contributed by atoms with E-state index in [0.29, 0.717) is 18.4 Å². The third-order valence-electron chi connectivity index (χ3n) is 4.15. The zero-order chi connectivity index (χ0) is 12.8. The van der Waals surface area contributed by atoms with Gasteiger partial charge in [-0.3, -0.25) is 0 Å². The minimum absolute atomic E-state index is 0.360. The molecule has 3 heteroatoms. The maximum absolute atomic E-state index is 9.30. The van der Waals surface area contributed by atoms with Gasteiger partial charge in [0.15, 0.2) is 0 Å². The molecule has 0 saturated heterocycles. The van der Waals surface area contributed by atoms with E-state index >= 15 is 0 Å². The van der Waals surface area contributed by atoms with E-state index in [-0.39, 0.29) is 0 Å². The fourth-order valence-corrected chi connectivity index (χ4v) is 3.08. The lowest BCUT2D eigenvalue weighted by molar-refractivity contribution is 0.192. The Morgan fingerprint density at radius 1 is 1.39 bits per heavy atom. The minimum atomic E-state index is 0.360. The topological polar surface area (TPSA) is 37.2 Å². The van der Waals surface area contributed by atoms with Crippen LogP contribution in [0.15, 0.2) is 18.3 Å². The molecule has 2 rings (SSSR count). The first-order valence-electron chi connectivity index (χ1n) is 7.30. The van der Waals surface area contributed by atoms with Crippen LogP contribution in [0.4, 0.5) is 0 Å².